The summed E-state index contributed by atoms with van der Waals surface area (Å²) in [5.41, 5.74) is 12.0. The molecule has 3 heteroatoms. The Kier molecular flexibility index (Phi) is 6.16. The average Bonchev–Trinajstić information content (AvgIpc) is 3.86. The van der Waals surface area contributed by atoms with Crippen LogP contribution in [0.3, 0.4) is 0 Å². The normalized spacial score (nSPS) is 11.9. The quantitative estimate of drug-likeness (QED) is 0.177. The lowest BCUT2D eigenvalue weighted by atomic mass is 10.00. The summed E-state index contributed by atoms with van der Waals surface area (Å²) in [6, 6.07) is 66.7. The molecular weight excluding hydrogens is 637 g/mol. The lowest BCUT2D eigenvalue weighted by molar-refractivity contribution is 1.29. The highest BCUT2D eigenvalue weighted by Crippen LogP contribution is 2.44. The summed E-state index contributed by atoms with van der Waals surface area (Å²) < 4.78 is 5.09. The number of hydrogen-bond acceptors (Lipinski definition) is 2. The molecule has 0 unspecified atom stereocenters. The van der Waals surface area contributed by atoms with Crippen LogP contribution in [0, 0.1) is 0 Å². The van der Waals surface area contributed by atoms with Crippen molar-refractivity contribution in [3.8, 4) is 22.3 Å². The van der Waals surface area contributed by atoms with E-state index in [4.69, 9.17) is 0 Å². The monoisotopic (exact) mass is 666 g/mol. The van der Waals surface area contributed by atoms with E-state index in [0.29, 0.717) is 0 Å². The van der Waals surface area contributed by atoms with Gasteiger partial charge in [-0.15, -0.1) is 11.3 Å². The number of hydrogen-bond donors (Lipinski definition) is 0. The van der Waals surface area contributed by atoms with Crippen molar-refractivity contribution in [2.24, 2.45) is 0 Å². The van der Waals surface area contributed by atoms with Gasteiger partial charge in [-0.25, -0.2) is 0 Å². The van der Waals surface area contributed by atoms with Crippen molar-refractivity contribution in [3.05, 3.63) is 182 Å². The minimum absolute atomic E-state index is 1.12. The summed E-state index contributed by atoms with van der Waals surface area (Å²) in [6.07, 6.45) is 0. The molecule has 51 heavy (non-hydrogen) atoms. The third-order valence-corrected chi connectivity index (χ3v) is 11.7. The summed E-state index contributed by atoms with van der Waals surface area (Å²) in [7, 11) is 0. The summed E-state index contributed by atoms with van der Waals surface area (Å²) in [5, 5.41) is 7.77. The van der Waals surface area contributed by atoms with Crippen LogP contribution in [-0.2, 0) is 0 Å². The first-order chi connectivity index (χ1) is 25.3. The molecule has 0 spiro atoms. The first-order valence-corrected chi connectivity index (χ1v) is 18.2. The average molecular weight is 667 g/mol. The van der Waals surface area contributed by atoms with Crippen LogP contribution in [0.1, 0.15) is 0 Å². The van der Waals surface area contributed by atoms with Gasteiger partial charge in [0.15, 0.2) is 0 Å². The molecule has 2 nitrogen and oxygen atoms in total. The van der Waals surface area contributed by atoms with E-state index in [1.54, 1.807) is 0 Å². The summed E-state index contributed by atoms with van der Waals surface area (Å²) in [5.74, 6) is 0. The van der Waals surface area contributed by atoms with Crippen molar-refractivity contribution in [1.29, 1.82) is 0 Å². The topological polar surface area (TPSA) is 7.65 Å². The molecule has 0 amide bonds. The SMILES string of the molecule is c1ccc(-c2ccc(-c3ccc(N(c4ccc5sc6ccccc6c5c4)c4ccc5c6cccc7c8ccccc8n(c5c4)c76)cc3)cc2)cc1. The van der Waals surface area contributed by atoms with Gasteiger partial charge in [0.1, 0.15) is 0 Å². The van der Waals surface area contributed by atoms with E-state index in [-0.39, 0.29) is 0 Å². The molecule has 0 radical (unpaired) electrons. The molecule has 0 atom stereocenters. The van der Waals surface area contributed by atoms with Crippen molar-refractivity contribution in [3.63, 3.8) is 0 Å². The van der Waals surface area contributed by atoms with Crippen molar-refractivity contribution < 1.29 is 0 Å². The molecule has 0 bridgehead atoms. The molecule has 0 aliphatic rings. The molecule has 0 saturated heterocycles. The second-order valence-electron chi connectivity index (χ2n) is 13.4. The number of aromatic nitrogens is 1. The van der Waals surface area contributed by atoms with E-state index >= 15 is 0 Å². The standard InChI is InChI=1S/C48H30N2S/c1-2-9-31(10-3-1)32-17-19-33(20-18-32)34-21-23-35(24-22-34)49(36-26-28-47-43(29-36)40-12-5-7-16-46(40)51-47)37-25-27-39-42-14-8-13-41-38-11-4-6-15-44(38)50(48(41)42)45(39)30-37/h1-30H. The number of nitrogens with zero attached hydrogens (tertiary/aromatic N) is 2. The lowest BCUT2D eigenvalue weighted by Gasteiger charge is -2.26. The zero-order valence-electron chi connectivity index (χ0n) is 27.6. The van der Waals surface area contributed by atoms with E-state index < -0.39 is 0 Å². The van der Waals surface area contributed by atoms with Crippen LogP contribution < -0.4 is 4.90 Å². The number of benzene rings is 8. The third kappa shape index (κ3) is 4.35. The molecule has 0 saturated carbocycles. The number of rotatable bonds is 5. The Morgan fingerprint density at radius 2 is 0.863 bits per heavy atom. The van der Waals surface area contributed by atoms with E-state index in [1.807, 2.05) is 11.3 Å². The maximum absolute atomic E-state index is 2.47. The Balaban J connectivity index is 1.09. The van der Waals surface area contributed by atoms with Crippen LogP contribution in [0.4, 0.5) is 17.1 Å². The molecular formula is C48H30N2S. The fourth-order valence-electron chi connectivity index (χ4n) is 8.15. The molecule has 0 N–H and O–H groups in total. The minimum Gasteiger partial charge on any atom is -0.310 e. The largest absolute Gasteiger partial charge is 0.310 e. The molecule has 3 aromatic heterocycles. The molecule has 0 fully saturated rings. The zero-order valence-corrected chi connectivity index (χ0v) is 28.4. The van der Waals surface area contributed by atoms with E-state index in [1.165, 1.54) is 80.5 Å². The van der Waals surface area contributed by atoms with Crippen molar-refractivity contribution in [1.82, 2.24) is 4.40 Å². The summed E-state index contributed by atoms with van der Waals surface area (Å²) in [4.78, 5) is 2.42. The van der Waals surface area contributed by atoms with E-state index in [2.05, 4.69) is 191 Å². The molecule has 3 heterocycles. The maximum Gasteiger partial charge on any atom is 0.0620 e. The fourth-order valence-corrected chi connectivity index (χ4v) is 9.23. The molecule has 238 valence electrons. The van der Waals surface area contributed by atoms with Crippen LogP contribution in [-0.4, -0.2) is 4.40 Å². The second kappa shape index (κ2) is 11.0. The van der Waals surface area contributed by atoms with Crippen molar-refractivity contribution >= 4 is 86.7 Å². The Labute approximate surface area is 299 Å². The highest BCUT2D eigenvalue weighted by molar-refractivity contribution is 7.25. The van der Waals surface area contributed by atoms with Gasteiger partial charge in [-0.3, -0.25) is 0 Å². The predicted octanol–water partition coefficient (Wildman–Crippen LogP) is 14.0. The Hall–Kier alpha value is -6.42. The molecule has 0 aliphatic heterocycles. The van der Waals surface area contributed by atoms with Crippen LogP contribution >= 0.6 is 11.3 Å². The lowest BCUT2D eigenvalue weighted by Crippen LogP contribution is -2.09. The van der Waals surface area contributed by atoms with Gasteiger partial charge in [-0.2, -0.15) is 0 Å². The molecule has 11 aromatic rings. The second-order valence-corrected chi connectivity index (χ2v) is 14.4. The Morgan fingerprint density at radius 1 is 0.333 bits per heavy atom. The van der Waals surface area contributed by atoms with Gasteiger partial charge in [-0.1, -0.05) is 127 Å². The minimum atomic E-state index is 1.12. The van der Waals surface area contributed by atoms with E-state index in [0.717, 1.165) is 17.1 Å². The Morgan fingerprint density at radius 3 is 1.63 bits per heavy atom. The number of anilines is 3. The fraction of sp³-hybridized carbons (Fsp3) is 0. The van der Waals surface area contributed by atoms with Crippen LogP contribution in [0.2, 0.25) is 0 Å². The Bertz CT molecular complexity index is 3060. The molecule has 11 rings (SSSR count). The molecule has 8 aromatic carbocycles. The highest BCUT2D eigenvalue weighted by Gasteiger charge is 2.20. The van der Waals surface area contributed by atoms with Gasteiger partial charge in [0, 0.05) is 58.8 Å². The molecule has 0 aliphatic carbocycles. The van der Waals surface area contributed by atoms with Crippen LogP contribution in [0.25, 0.3) is 80.5 Å². The van der Waals surface area contributed by atoms with Crippen molar-refractivity contribution in [2.75, 3.05) is 4.90 Å². The van der Waals surface area contributed by atoms with Gasteiger partial charge < -0.3 is 9.30 Å². The predicted molar refractivity (Wildman–Crippen MR) is 220 cm³/mol. The first kappa shape index (κ1) is 28.4. The zero-order chi connectivity index (χ0) is 33.5. The number of thiophene rings is 1. The number of fused-ring (bicyclic) bond motifs is 9. The van der Waals surface area contributed by atoms with Gasteiger partial charge in [0.2, 0.25) is 0 Å². The van der Waals surface area contributed by atoms with Crippen molar-refractivity contribution in [2.45, 2.75) is 0 Å². The summed E-state index contributed by atoms with van der Waals surface area (Å²) in [6.45, 7) is 0. The summed E-state index contributed by atoms with van der Waals surface area (Å²) >= 11 is 1.86. The van der Waals surface area contributed by atoms with E-state index in [9.17, 15) is 0 Å². The van der Waals surface area contributed by atoms with Crippen LogP contribution in [0.5, 0.6) is 0 Å². The van der Waals surface area contributed by atoms with Gasteiger partial charge in [0.25, 0.3) is 0 Å². The highest BCUT2D eigenvalue weighted by atomic mass is 32.1. The van der Waals surface area contributed by atoms with Gasteiger partial charge >= 0.3 is 0 Å². The van der Waals surface area contributed by atoms with Gasteiger partial charge in [0.05, 0.1) is 16.6 Å². The van der Waals surface area contributed by atoms with Gasteiger partial charge in [-0.05, 0) is 76.9 Å². The smallest absolute Gasteiger partial charge is 0.0620 e. The third-order valence-electron chi connectivity index (χ3n) is 10.5. The maximum atomic E-state index is 2.47. The first-order valence-electron chi connectivity index (χ1n) is 17.4. The van der Waals surface area contributed by atoms with Crippen LogP contribution in [0.15, 0.2) is 182 Å². The number of para-hydroxylation sites is 2.